The molecule has 0 aliphatic heterocycles. The average Bonchev–Trinajstić information content (AvgIpc) is 2.41. The first kappa shape index (κ1) is 13.4. The third kappa shape index (κ3) is 2.54. The highest BCUT2D eigenvalue weighted by molar-refractivity contribution is 6.43. The van der Waals surface area contributed by atoms with Crippen LogP contribution in [0.3, 0.4) is 0 Å². The molecule has 0 saturated carbocycles. The number of rotatable bonds is 3. The van der Waals surface area contributed by atoms with Crippen LogP contribution in [0.5, 0.6) is 0 Å². The molecular formula is C15H15Cl2N. The third-order valence-electron chi connectivity index (χ3n) is 3.10. The molecule has 1 nitrogen and oxygen atoms in total. The third-order valence-corrected chi connectivity index (χ3v) is 3.92. The molecule has 0 radical (unpaired) electrons. The molecule has 2 aromatic carbocycles. The lowest BCUT2D eigenvalue weighted by Gasteiger charge is -2.17. The first-order valence-corrected chi connectivity index (χ1v) is 6.61. The van der Waals surface area contributed by atoms with Crippen molar-refractivity contribution in [2.24, 2.45) is 0 Å². The van der Waals surface area contributed by atoms with Crippen molar-refractivity contribution >= 4 is 23.2 Å². The van der Waals surface area contributed by atoms with E-state index in [1.165, 1.54) is 5.56 Å². The zero-order valence-electron chi connectivity index (χ0n) is 10.4. The predicted octanol–water partition coefficient (Wildman–Crippen LogP) is 4.94. The summed E-state index contributed by atoms with van der Waals surface area (Å²) in [5.74, 6) is 0. The average molecular weight is 280 g/mol. The Kier molecular flexibility index (Phi) is 4.28. The van der Waals surface area contributed by atoms with Gasteiger partial charge < -0.3 is 5.32 Å². The van der Waals surface area contributed by atoms with Crippen molar-refractivity contribution in [3.05, 3.63) is 58.1 Å². The van der Waals surface area contributed by atoms with E-state index in [1.807, 2.05) is 31.3 Å². The van der Waals surface area contributed by atoms with Crippen LogP contribution >= 0.6 is 23.2 Å². The van der Waals surface area contributed by atoms with Crippen LogP contribution in [-0.2, 0) is 0 Å². The minimum absolute atomic E-state index is 0.260. The van der Waals surface area contributed by atoms with E-state index in [9.17, 15) is 0 Å². The van der Waals surface area contributed by atoms with Gasteiger partial charge in [-0.1, -0.05) is 59.6 Å². The lowest BCUT2D eigenvalue weighted by molar-refractivity contribution is 0.654. The van der Waals surface area contributed by atoms with Gasteiger partial charge in [0.1, 0.15) is 0 Å². The fourth-order valence-corrected chi connectivity index (χ4v) is 2.39. The van der Waals surface area contributed by atoms with E-state index < -0.39 is 0 Å². The van der Waals surface area contributed by atoms with E-state index in [1.54, 1.807) is 6.07 Å². The summed E-state index contributed by atoms with van der Waals surface area (Å²) < 4.78 is 0. The fourth-order valence-electron chi connectivity index (χ4n) is 1.99. The summed E-state index contributed by atoms with van der Waals surface area (Å²) in [4.78, 5) is 0. The Morgan fingerprint density at radius 2 is 1.61 bits per heavy atom. The highest BCUT2D eigenvalue weighted by atomic mass is 35.5. The first-order valence-electron chi connectivity index (χ1n) is 5.85. The molecule has 1 N–H and O–H groups in total. The van der Waals surface area contributed by atoms with Gasteiger partial charge in [0.2, 0.25) is 0 Å². The smallest absolute Gasteiger partial charge is 0.0670 e. The van der Waals surface area contributed by atoms with Gasteiger partial charge in [-0.05, 0) is 31.2 Å². The quantitative estimate of drug-likeness (QED) is 0.839. The molecule has 94 valence electrons. The van der Waals surface area contributed by atoms with Crippen molar-refractivity contribution in [1.29, 1.82) is 0 Å². The fraction of sp³-hybridized carbons (Fsp3) is 0.200. The van der Waals surface area contributed by atoms with Gasteiger partial charge in [0.05, 0.1) is 10.0 Å². The minimum Gasteiger partial charge on any atom is -0.313 e. The molecule has 0 fully saturated rings. The van der Waals surface area contributed by atoms with Crippen molar-refractivity contribution in [3.8, 4) is 11.1 Å². The minimum atomic E-state index is 0.260. The molecule has 1 unspecified atom stereocenters. The van der Waals surface area contributed by atoms with E-state index in [0.29, 0.717) is 10.0 Å². The highest BCUT2D eigenvalue weighted by Crippen LogP contribution is 2.36. The van der Waals surface area contributed by atoms with Gasteiger partial charge in [0.15, 0.2) is 0 Å². The molecule has 0 aromatic heterocycles. The predicted molar refractivity (Wildman–Crippen MR) is 79.4 cm³/mol. The summed E-state index contributed by atoms with van der Waals surface area (Å²) in [7, 11) is 1.95. The van der Waals surface area contributed by atoms with Crippen molar-refractivity contribution < 1.29 is 0 Å². The largest absolute Gasteiger partial charge is 0.313 e. The maximum Gasteiger partial charge on any atom is 0.0670 e. The van der Waals surface area contributed by atoms with Crippen LogP contribution in [0.25, 0.3) is 11.1 Å². The van der Waals surface area contributed by atoms with Gasteiger partial charge in [0.25, 0.3) is 0 Å². The Balaban J connectivity index is 2.60. The van der Waals surface area contributed by atoms with Crippen molar-refractivity contribution in [1.82, 2.24) is 5.32 Å². The number of halogens is 2. The molecule has 18 heavy (non-hydrogen) atoms. The molecule has 1 atom stereocenters. The van der Waals surface area contributed by atoms with Crippen LogP contribution in [0.2, 0.25) is 10.0 Å². The molecule has 0 saturated heterocycles. The SMILES string of the molecule is CNC(C)c1ccccc1-c1cccc(Cl)c1Cl. The zero-order chi connectivity index (χ0) is 13.1. The Morgan fingerprint density at radius 3 is 2.33 bits per heavy atom. The molecule has 0 bridgehead atoms. The molecule has 0 amide bonds. The van der Waals surface area contributed by atoms with Crippen LogP contribution in [-0.4, -0.2) is 7.05 Å². The number of benzene rings is 2. The van der Waals surface area contributed by atoms with E-state index >= 15 is 0 Å². The molecule has 0 heterocycles. The van der Waals surface area contributed by atoms with E-state index in [0.717, 1.165) is 11.1 Å². The van der Waals surface area contributed by atoms with Crippen LogP contribution < -0.4 is 5.32 Å². The second kappa shape index (κ2) is 5.75. The summed E-state index contributed by atoms with van der Waals surface area (Å²) in [6, 6.07) is 14.2. The van der Waals surface area contributed by atoms with Crippen molar-refractivity contribution in [2.75, 3.05) is 7.05 Å². The first-order chi connectivity index (χ1) is 8.65. The van der Waals surface area contributed by atoms with E-state index in [2.05, 4.69) is 24.4 Å². The molecule has 0 aliphatic rings. The number of hydrogen-bond acceptors (Lipinski definition) is 1. The zero-order valence-corrected chi connectivity index (χ0v) is 11.9. The lowest BCUT2D eigenvalue weighted by Crippen LogP contribution is -2.13. The molecule has 0 aliphatic carbocycles. The summed E-state index contributed by atoms with van der Waals surface area (Å²) in [5, 5.41) is 4.44. The Hall–Kier alpha value is -1.02. The van der Waals surface area contributed by atoms with Gasteiger partial charge in [-0.2, -0.15) is 0 Å². The second-order valence-corrected chi connectivity index (χ2v) is 4.98. The summed E-state index contributed by atoms with van der Waals surface area (Å²) in [5.41, 5.74) is 3.30. The van der Waals surface area contributed by atoms with Crippen molar-refractivity contribution in [3.63, 3.8) is 0 Å². The Morgan fingerprint density at radius 1 is 0.944 bits per heavy atom. The van der Waals surface area contributed by atoms with E-state index in [-0.39, 0.29) is 6.04 Å². The maximum absolute atomic E-state index is 6.30. The van der Waals surface area contributed by atoms with Gasteiger partial charge in [-0.15, -0.1) is 0 Å². The summed E-state index contributed by atoms with van der Waals surface area (Å²) in [6.45, 7) is 2.12. The Labute approximate surface area is 118 Å². The lowest BCUT2D eigenvalue weighted by atomic mass is 9.95. The standard InChI is InChI=1S/C15H15Cl2N/c1-10(18-2)11-6-3-4-7-12(11)13-8-5-9-14(16)15(13)17/h3-10,18H,1-2H3. The van der Waals surface area contributed by atoms with Crippen LogP contribution in [0, 0.1) is 0 Å². The van der Waals surface area contributed by atoms with E-state index in [4.69, 9.17) is 23.2 Å². The summed E-state index contributed by atoms with van der Waals surface area (Å²) >= 11 is 12.4. The topological polar surface area (TPSA) is 12.0 Å². The van der Waals surface area contributed by atoms with Gasteiger partial charge in [-0.25, -0.2) is 0 Å². The number of nitrogens with one attached hydrogen (secondary N) is 1. The van der Waals surface area contributed by atoms with Crippen LogP contribution in [0.15, 0.2) is 42.5 Å². The highest BCUT2D eigenvalue weighted by Gasteiger charge is 2.13. The summed E-state index contributed by atoms with van der Waals surface area (Å²) in [6.07, 6.45) is 0. The molecule has 2 aromatic rings. The molecular weight excluding hydrogens is 265 g/mol. The maximum atomic E-state index is 6.30. The van der Waals surface area contributed by atoms with Gasteiger partial charge >= 0.3 is 0 Å². The Bertz CT molecular complexity index is 552. The van der Waals surface area contributed by atoms with Gasteiger partial charge in [-0.3, -0.25) is 0 Å². The van der Waals surface area contributed by atoms with Crippen molar-refractivity contribution in [2.45, 2.75) is 13.0 Å². The normalized spacial score (nSPS) is 12.4. The van der Waals surface area contributed by atoms with Gasteiger partial charge in [0, 0.05) is 11.6 Å². The molecule has 0 spiro atoms. The molecule has 2 rings (SSSR count). The monoisotopic (exact) mass is 279 g/mol. The van der Waals surface area contributed by atoms with Crippen LogP contribution in [0.1, 0.15) is 18.5 Å². The molecule has 3 heteroatoms. The number of hydrogen-bond donors (Lipinski definition) is 1. The van der Waals surface area contributed by atoms with Crippen LogP contribution in [0.4, 0.5) is 0 Å². The second-order valence-electron chi connectivity index (χ2n) is 4.20.